The highest BCUT2D eigenvalue weighted by Gasteiger charge is 2.21. The van der Waals surface area contributed by atoms with Crippen LogP contribution in [0.1, 0.15) is 0 Å². The molecule has 5 rings (SSSR count). The van der Waals surface area contributed by atoms with Crippen LogP contribution in [0.2, 0.25) is 0 Å². The number of hydrogen-bond donors (Lipinski definition) is 0. The molecule has 5 heteroatoms. The predicted molar refractivity (Wildman–Crippen MR) is 117 cm³/mol. The number of rotatable bonds is 3. The van der Waals surface area contributed by atoms with Crippen molar-refractivity contribution in [1.29, 1.82) is 0 Å². The van der Waals surface area contributed by atoms with Gasteiger partial charge in [0.25, 0.3) is 0 Å². The van der Waals surface area contributed by atoms with Crippen molar-refractivity contribution in [2.75, 3.05) is 43.1 Å². The van der Waals surface area contributed by atoms with Crippen molar-refractivity contribution < 1.29 is 9.15 Å². The number of fused-ring (bicyclic) bond motifs is 3. The first kappa shape index (κ1) is 17.6. The van der Waals surface area contributed by atoms with Crippen LogP contribution in [0.25, 0.3) is 21.7 Å². The third kappa shape index (κ3) is 3.18. The highest BCUT2D eigenvalue weighted by Crippen LogP contribution is 2.32. The van der Waals surface area contributed by atoms with Gasteiger partial charge in [-0.15, -0.1) is 0 Å². The molecule has 146 valence electrons. The van der Waals surface area contributed by atoms with E-state index in [1.165, 1.54) is 0 Å². The monoisotopic (exact) mass is 386 g/mol. The number of hydrogen-bond acceptors (Lipinski definition) is 5. The van der Waals surface area contributed by atoms with E-state index in [1.54, 1.807) is 13.2 Å². The van der Waals surface area contributed by atoms with Gasteiger partial charge in [-0.05, 0) is 23.6 Å². The summed E-state index contributed by atoms with van der Waals surface area (Å²) in [5.41, 5.74) is 2.47. The molecule has 1 aromatic heterocycles. The van der Waals surface area contributed by atoms with Gasteiger partial charge in [0.05, 0.1) is 12.8 Å². The predicted octanol–water partition coefficient (Wildman–Crippen LogP) is 4.28. The summed E-state index contributed by atoms with van der Waals surface area (Å²) in [5, 5.41) is 3.03. The Morgan fingerprint density at radius 2 is 1.62 bits per heavy atom. The zero-order chi connectivity index (χ0) is 19.8. The summed E-state index contributed by atoms with van der Waals surface area (Å²) in [5.74, 6) is 0.864. The Morgan fingerprint density at radius 3 is 2.45 bits per heavy atom. The van der Waals surface area contributed by atoms with Crippen LogP contribution in [0.15, 0.2) is 75.9 Å². The molecule has 0 radical (unpaired) electrons. The molecule has 1 fully saturated rings. The Balaban J connectivity index is 1.47. The molecule has 0 aliphatic carbocycles. The fourth-order valence-electron chi connectivity index (χ4n) is 4.15. The molecule has 5 nitrogen and oxygen atoms in total. The topological polar surface area (TPSA) is 45.9 Å². The normalized spacial score (nSPS) is 14.5. The average molecular weight is 386 g/mol. The standard InChI is InChI=1S/C24H22N2O3/c1-28-19-7-4-6-18(15-19)25-11-13-26(14-12-25)22-16-23(27)29-24-20-8-3-2-5-17(20)9-10-21(22)24/h2-10,15-16H,11-14H2,1H3. The van der Waals surface area contributed by atoms with E-state index in [4.69, 9.17) is 9.15 Å². The Labute approximate surface area is 168 Å². The van der Waals surface area contributed by atoms with Crippen LogP contribution in [0, 0.1) is 0 Å². The van der Waals surface area contributed by atoms with E-state index in [1.807, 2.05) is 36.4 Å². The largest absolute Gasteiger partial charge is 0.497 e. The third-order valence-electron chi connectivity index (χ3n) is 5.65. The number of ether oxygens (including phenoxy) is 1. The lowest BCUT2D eigenvalue weighted by molar-refractivity contribution is 0.414. The van der Waals surface area contributed by atoms with Gasteiger partial charge in [0, 0.05) is 54.8 Å². The molecule has 0 atom stereocenters. The summed E-state index contributed by atoms with van der Waals surface area (Å²) >= 11 is 0. The van der Waals surface area contributed by atoms with Gasteiger partial charge in [0.1, 0.15) is 11.3 Å². The van der Waals surface area contributed by atoms with E-state index in [-0.39, 0.29) is 5.63 Å². The van der Waals surface area contributed by atoms with Crippen LogP contribution in [-0.2, 0) is 0 Å². The number of benzene rings is 3. The van der Waals surface area contributed by atoms with Crippen LogP contribution in [-0.4, -0.2) is 33.3 Å². The van der Waals surface area contributed by atoms with Gasteiger partial charge in [-0.2, -0.15) is 0 Å². The molecule has 0 unspecified atom stereocenters. The summed E-state index contributed by atoms with van der Waals surface area (Å²) in [6, 6.07) is 21.9. The van der Waals surface area contributed by atoms with Gasteiger partial charge in [-0.1, -0.05) is 36.4 Å². The van der Waals surface area contributed by atoms with E-state index < -0.39 is 0 Å². The number of anilines is 2. The molecule has 1 aliphatic rings. The van der Waals surface area contributed by atoms with Gasteiger partial charge < -0.3 is 19.0 Å². The molecule has 0 amide bonds. The van der Waals surface area contributed by atoms with Crippen LogP contribution >= 0.6 is 0 Å². The molecule has 3 aromatic carbocycles. The Bertz CT molecular complexity index is 1240. The van der Waals surface area contributed by atoms with Crippen LogP contribution < -0.4 is 20.2 Å². The Morgan fingerprint density at radius 1 is 0.828 bits per heavy atom. The smallest absolute Gasteiger partial charge is 0.338 e. The summed E-state index contributed by atoms with van der Waals surface area (Å²) in [4.78, 5) is 17.0. The lowest BCUT2D eigenvalue weighted by Crippen LogP contribution is -2.46. The van der Waals surface area contributed by atoms with Crippen molar-refractivity contribution >= 4 is 33.1 Å². The van der Waals surface area contributed by atoms with E-state index >= 15 is 0 Å². The van der Waals surface area contributed by atoms with Crippen LogP contribution in [0.5, 0.6) is 5.75 Å². The van der Waals surface area contributed by atoms with E-state index in [9.17, 15) is 4.79 Å². The van der Waals surface area contributed by atoms with E-state index in [2.05, 4.69) is 34.1 Å². The van der Waals surface area contributed by atoms with Gasteiger partial charge in [0.15, 0.2) is 0 Å². The Kier molecular flexibility index (Phi) is 4.35. The minimum atomic E-state index is -0.306. The van der Waals surface area contributed by atoms with Gasteiger partial charge in [-0.25, -0.2) is 4.79 Å². The van der Waals surface area contributed by atoms with Crippen molar-refractivity contribution in [3.8, 4) is 5.75 Å². The zero-order valence-corrected chi connectivity index (χ0v) is 16.3. The number of piperazine rings is 1. The third-order valence-corrected chi connectivity index (χ3v) is 5.65. The minimum absolute atomic E-state index is 0.306. The van der Waals surface area contributed by atoms with Crippen molar-refractivity contribution in [1.82, 2.24) is 0 Å². The molecule has 0 saturated carbocycles. The number of nitrogens with zero attached hydrogens (tertiary/aromatic N) is 2. The number of methoxy groups -OCH3 is 1. The Hall–Kier alpha value is -3.47. The molecule has 1 aliphatic heterocycles. The maximum atomic E-state index is 12.3. The highest BCUT2D eigenvalue weighted by molar-refractivity contribution is 6.08. The fourth-order valence-corrected chi connectivity index (χ4v) is 4.15. The molecule has 29 heavy (non-hydrogen) atoms. The van der Waals surface area contributed by atoms with Crippen molar-refractivity contribution in [3.63, 3.8) is 0 Å². The first-order chi connectivity index (χ1) is 14.2. The van der Waals surface area contributed by atoms with Crippen molar-refractivity contribution in [3.05, 3.63) is 77.2 Å². The first-order valence-corrected chi connectivity index (χ1v) is 9.82. The lowest BCUT2D eigenvalue weighted by Gasteiger charge is -2.37. The molecule has 4 aromatic rings. The van der Waals surface area contributed by atoms with Gasteiger partial charge in [-0.3, -0.25) is 0 Å². The lowest BCUT2D eigenvalue weighted by atomic mass is 10.1. The molecule has 0 bridgehead atoms. The second-order valence-electron chi connectivity index (χ2n) is 7.29. The summed E-state index contributed by atoms with van der Waals surface area (Å²) < 4.78 is 11.0. The van der Waals surface area contributed by atoms with Gasteiger partial charge in [0.2, 0.25) is 0 Å². The average Bonchev–Trinajstić information content (AvgIpc) is 2.78. The van der Waals surface area contributed by atoms with Crippen molar-refractivity contribution in [2.45, 2.75) is 0 Å². The second-order valence-corrected chi connectivity index (χ2v) is 7.29. The SMILES string of the molecule is COc1cccc(N2CCN(c3cc(=O)oc4c3ccc3ccccc34)CC2)c1. The van der Waals surface area contributed by atoms with Gasteiger partial charge >= 0.3 is 5.63 Å². The second kappa shape index (κ2) is 7.17. The molecule has 0 N–H and O–H groups in total. The summed E-state index contributed by atoms with van der Waals surface area (Å²) in [6.45, 7) is 3.43. The molecule has 0 spiro atoms. The van der Waals surface area contributed by atoms with Crippen LogP contribution in [0.4, 0.5) is 11.4 Å². The fraction of sp³-hybridized carbons (Fsp3) is 0.208. The molecular weight excluding hydrogens is 364 g/mol. The molecule has 1 saturated heterocycles. The van der Waals surface area contributed by atoms with Crippen LogP contribution in [0.3, 0.4) is 0 Å². The highest BCUT2D eigenvalue weighted by atomic mass is 16.5. The maximum absolute atomic E-state index is 12.3. The zero-order valence-electron chi connectivity index (χ0n) is 16.3. The first-order valence-electron chi connectivity index (χ1n) is 9.82. The van der Waals surface area contributed by atoms with Crippen molar-refractivity contribution in [2.24, 2.45) is 0 Å². The quantitative estimate of drug-likeness (QED) is 0.388. The maximum Gasteiger partial charge on any atom is 0.338 e. The molecule has 2 heterocycles. The summed E-state index contributed by atoms with van der Waals surface area (Å²) in [7, 11) is 1.69. The van der Waals surface area contributed by atoms with E-state index in [0.29, 0.717) is 5.58 Å². The minimum Gasteiger partial charge on any atom is -0.497 e. The summed E-state index contributed by atoms with van der Waals surface area (Å²) in [6.07, 6.45) is 0. The van der Waals surface area contributed by atoms with E-state index in [0.717, 1.165) is 59.5 Å². The molecular formula is C24H22N2O3.